The van der Waals surface area contributed by atoms with Crippen LogP contribution in [0.5, 0.6) is 0 Å². The molecule has 5 nitrogen and oxygen atoms in total. The van der Waals surface area contributed by atoms with Gasteiger partial charge in [-0.2, -0.15) is 5.10 Å². The predicted octanol–water partition coefficient (Wildman–Crippen LogP) is 7.92. The van der Waals surface area contributed by atoms with Gasteiger partial charge in [-0.25, -0.2) is 14.6 Å². The summed E-state index contributed by atoms with van der Waals surface area (Å²) in [7, 11) is 0. The first kappa shape index (κ1) is 25.2. The van der Waals surface area contributed by atoms with E-state index in [2.05, 4.69) is 64.1 Å². The van der Waals surface area contributed by atoms with Crippen molar-refractivity contribution in [3.8, 4) is 5.82 Å². The summed E-state index contributed by atoms with van der Waals surface area (Å²) in [4.78, 5) is 12.3. The van der Waals surface area contributed by atoms with Crippen molar-refractivity contribution < 1.29 is 0 Å². The van der Waals surface area contributed by atoms with E-state index in [0.29, 0.717) is 5.15 Å². The Hall–Kier alpha value is -2.87. The van der Waals surface area contributed by atoms with Crippen molar-refractivity contribution in [3.05, 3.63) is 116 Å². The van der Waals surface area contributed by atoms with Gasteiger partial charge in [0.05, 0.1) is 18.3 Å². The number of benzene rings is 2. The maximum atomic E-state index is 5.53. The van der Waals surface area contributed by atoms with Gasteiger partial charge in [-0.1, -0.05) is 55.6 Å². The van der Waals surface area contributed by atoms with Gasteiger partial charge >= 0.3 is 0 Å². The van der Waals surface area contributed by atoms with E-state index in [4.69, 9.17) is 11.6 Å². The lowest BCUT2D eigenvalue weighted by Crippen LogP contribution is -1.99. The van der Waals surface area contributed by atoms with Gasteiger partial charge in [-0.15, -0.1) is 0 Å². The molecule has 4 heterocycles. The normalized spacial score (nSPS) is 11.3. The Labute approximate surface area is 226 Å². The highest BCUT2D eigenvalue weighted by Crippen LogP contribution is 2.22. The van der Waals surface area contributed by atoms with Gasteiger partial charge in [0.1, 0.15) is 5.15 Å². The second kappa shape index (κ2) is 11.7. The highest BCUT2D eigenvalue weighted by atomic mass is 79.9. The minimum absolute atomic E-state index is 0.560. The Morgan fingerprint density at radius 3 is 2.26 bits per heavy atom. The van der Waals surface area contributed by atoms with E-state index in [1.807, 2.05) is 79.5 Å². The summed E-state index contributed by atoms with van der Waals surface area (Å²) in [6.45, 7) is 4.87. The second-order valence-corrected chi connectivity index (χ2v) is 10.1. The fourth-order valence-corrected chi connectivity index (χ4v) is 4.37. The number of halogens is 3. The summed E-state index contributed by atoms with van der Waals surface area (Å²) in [6, 6.07) is 20.1. The average Bonchev–Trinajstić information content (AvgIpc) is 3.46. The smallest absolute Gasteiger partial charge is 0.154 e. The van der Waals surface area contributed by atoms with Gasteiger partial charge < -0.3 is 0 Å². The number of hydrogen-bond acceptors (Lipinski definition) is 4. The number of aromatic nitrogens is 4. The van der Waals surface area contributed by atoms with Crippen molar-refractivity contribution in [1.82, 2.24) is 19.7 Å². The van der Waals surface area contributed by atoms with Crippen LogP contribution in [-0.4, -0.2) is 26.0 Å². The zero-order chi connectivity index (χ0) is 24.8. The molecule has 0 unspecified atom stereocenters. The monoisotopic (exact) mass is 609 g/mol. The Morgan fingerprint density at radius 1 is 0.829 bits per heavy atom. The number of hydrogen-bond donors (Lipinski definition) is 0. The molecule has 8 heteroatoms. The second-order valence-electron chi connectivity index (χ2n) is 7.92. The maximum absolute atomic E-state index is 5.53. The standard InChI is InChI=1S/C13H10BrN3.C8H6BrN.C6H6ClN/c1-9-4-5-15-13(6-9)17-12-7-11(14)3-2-10(12)8-16-17;9-8-2-1-6-4-10-5-7(6)3-8;1-5-2-3-8-6(7)4-5/h2-8H,1H3;1-4H,5H2;2-4H,1H3. The molecule has 35 heavy (non-hydrogen) atoms. The quantitative estimate of drug-likeness (QED) is 0.181. The molecule has 0 aliphatic carbocycles. The molecule has 0 atom stereocenters. The van der Waals surface area contributed by atoms with Crippen LogP contribution >= 0.6 is 43.5 Å². The van der Waals surface area contributed by atoms with E-state index >= 15 is 0 Å². The van der Waals surface area contributed by atoms with Gasteiger partial charge in [0, 0.05) is 32.9 Å². The number of nitrogens with zero attached hydrogens (tertiary/aromatic N) is 5. The van der Waals surface area contributed by atoms with E-state index in [1.54, 1.807) is 12.4 Å². The third-order valence-electron chi connectivity index (χ3n) is 5.13. The molecule has 0 N–H and O–H groups in total. The number of pyridine rings is 2. The van der Waals surface area contributed by atoms with Crippen molar-refractivity contribution in [2.24, 2.45) is 4.99 Å². The largest absolute Gasteiger partial charge is 0.288 e. The Kier molecular flexibility index (Phi) is 8.44. The van der Waals surface area contributed by atoms with Crippen molar-refractivity contribution in [1.29, 1.82) is 0 Å². The molecule has 0 fully saturated rings. The molecular weight excluding hydrogens is 590 g/mol. The Morgan fingerprint density at radius 2 is 1.54 bits per heavy atom. The van der Waals surface area contributed by atoms with Gasteiger partial charge in [-0.3, -0.25) is 4.99 Å². The summed E-state index contributed by atoms with van der Waals surface area (Å²) in [6.07, 6.45) is 7.27. The molecule has 0 saturated heterocycles. The number of aryl methyl sites for hydroxylation is 2. The lowest BCUT2D eigenvalue weighted by Gasteiger charge is -2.03. The van der Waals surface area contributed by atoms with Crippen molar-refractivity contribution in [2.45, 2.75) is 20.4 Å². The van der Waals surface area contributed by atoms with E-state index in [9.17, 15) is 0 Å². The molecule has 0 amide bonds. The molecule has 2 aromatic carbocycles. The van der Waals surface area contributed by atoms with Crippen LogP contribution in [0.2, 0.25) is 5.15 Å². The minimum atomic E-state index is 0.560. The SMILES string of the molecule is Brc1ccc2c(c1)CN=C2.Cc1ccnc(-n2ncc3ccc(Br)cc32)c1.Cc1ccnc(Cl)c1. The zero-order valence-electron chi connectivity index (χ0n) is 19.2. The molecule has 176 valence electrons. The van der Waals surface area contributed by atoms with Crippen LogP contribution in [0.4, 0.5) is 0 Å². The minimum Gasteiger partial charge on any atom is -0.288 e. The topological polar surface area (TPSA) is 56.0 Å². The number of rotatable bonds is 1. The molecule has 0 radical (unpaired) electrons. The molecule has 1 aliphatic heterocycles. The number of aliphatic imine (C=N–C) groups is 1. The van der Waals surface area contributed by atoms with E-state index < -0.39 is 0 Å². The lowest BCUT2D eigenvalue weighted by molar-refractivity contribution is 0.872. The van der Waals surface area contributed by atoms with Crippen molar-refractivity contribution in [3.63, 3.8) is 0 Å². The Balaban J connectivity index is 0.000000136. The molecule has 1 aliphatic rings. The van der Waals surface area contributed by atoms with Crippen LogP contribution in [0.1, 0.15) is 22.3 Å². The first-order valence-corrected chi connectivity index (χ1v) is 12.8. The fraction of sp³-hybridized carbons (Fsp3) is 0.111. The lowest BCUT2D eigenvalue weighted by atomic mass is 10.1. The van der Waals surface area contributed by atoms with Gasteiger partial charge in [0.15, 0.2) is 5.82 Å². The van der Waals surface area contributed by atoms with E-state index in [-0.39, 0.29) is 0 Å². The fourth-order valence-electron chi connectivity index (χ4n) is 3.39. The highest BCUT2D eigenvalue weighted by Gasteiger charge is 2.06. The van der Waals surface area contributed by atoms with Crippen LogP contribution in [-0.2, 0) is 6.54 Å². The first-order valence-electron chi connectivity index (χ1n) is 10.8. The average molecular weight is 612 g/mol. The number of fused-ring (bicyclic) bond motifs is 2. The van der Waals surface area contributed by atoms with E-state index in [0.717, 1.165) is 37.8 Å². The maximum Gasteiger partial charge on any atom is 0.154 e. The molecular formula is C27H22Br2ClN5. The Bertz CT molecular complexity index is 1480. The van der Waals surface area contributed by atoms with Crippen LogP contribution in [0.25, 0.3) is 16.7 Å². The molecule has 6 rings (SSSR count). The third kappa shape index (κ3) is 6.84. The van der Waals surface area contributed by atoms with Gasteiger partial charge in [0.2, 0.25) is 0 Å². The molecule has 3 aromatic heterocycles. The predicted molar refractivity (Wildman–Crippen MR) is 151 cm³/mol. The molecule has 0 spiro atoms. The summed E-state index contributed by atoms with van der Waals surface area (Å²) >= 11 is 12.4. The summed E-state index contributed by atoms with van der Waals surface area (Å²) < 4.78 is 4.03. The molecule has 5 aromatic rings. The van der Waals surface area contributed by atoms with Gasteiger partial charge in [-0.05, 0) is 84.6 Å². The van der Waals surface area contributed by atoms with Crippen molar-refractivity contribution in [2.75, 3.05) is 0 Å². The highest BCUT2D eigenvalue weighted by molar-refractivity contribution is 9.10. The van der Waals surface area contributed by atoms with Crippen molar-refractivity contribution >= 4 is 60.6 Å². The van der Waals surface area contributed by atoms with E-state index in [1.165, 1.54) is 16.7 Å². The first-order chi connectivity index (χ1) is 16.9. The summed E-state index contributed by atoms with van der Waals surface area (Å²) in [5, 5.41) is 6.05. The third-order valence-corrected chi connectivity index (χ3v) is 6.32. The zero-order valence-corrected chi connectivity index (χ0v) is 23.1. The van der Waals surface area contributed by atoms with Crippen LogP contribution in [0.15, 0.2) is 93.2 Å². The summed E-state index contributed by atoms with van der Waals surface area (Å²) in [5.74, 6) is 0.845. The van der Waals surface area contributed by atoms with Crippen LogP contribution < -0.4 is 0 Å². The summed E-state index contributed by atoms with van der Waals surface area (Å²) in [5.41, 5.74) is 5.94. The molecule has 0 bridgehead atoms. The van der Waals surface area contributed by atoms with Gasteiger partial charge in [0.25, 0.3) is 0 Å². The molecule has 0 saturated carbocycles. The van der Waals surface area contributed by atoms with Crippen LogP contribution in [0.3, 0.4) is 0 Å². The van der Waals surface area contributed by atoms with Crippen LogP contribution in [0, 0.1) is 13.8 Å².